The Morgan fingerprint density at radius 2 is 1.62 bits per heavy atom. The maximum atomic E-state index is 13.2. The lowest BCUT2D eigenvalue weighted by molar-refractivity contribution is -0.133. The number of nitrogens with one attached hydrogen (secondary N) is 1. The average molecular weight is 432 g/mol. The average Bonchev–Trinajstić information content (AvgIpc) is 2.93. The summed E-state index contributed by atoms with van der Waals surface area (Å²) in [5.41, 5.74) is 0.227. The smallest absolute Gasteiger partial charge is 0.325 e. The van der Waals surface area contributed by atoms with Crippen molar-refractivity contribution in [3.63, 3.8) is 0 Å². The van der Waals surface area contributed by atoms with Crippen molar-refractivity contribution in [2.24, 2.45) is 0 Å². The summed E-state index contributed by atoms with van der Waals surface area (Å²) in [7, 11) is 0. The van der Waals surface area contributed by atoms with Crippen LogP contribution in [-0.2, 0) is 11.3 Å². The van der Waals surface area contributed by atoms with Crippen molar-refractivity contribution in [3.05, 3.63) is 69.7 Å². The minimum atomic E-state index is -1.08. The molecule has 2 aromatic carbocycles. The van der Waals surface area contributed by atoms with Crippen LogP contribution in [0.15, 0.2) is 48.5 Å². The van der Waals surface area contributed by atoms with Crippen LogP contribution in [0.3, 0.4) is 0 Å². The van der Waals surface area contributed by atoms with Crippen LogP contribution in [0.5, 0.6) is 0 Å². The summed E-state index contributed by atoms with van der Waals surface area (Å²) in [6, 6.07) is 13.2. The summed E-state index contributed by atoms with van der Waals surface area (Å²) in [5.74, 6) is -0.481. The maximum absolute atomic E-state index is 13.2. The molecule has 2 saturated heterocycles. The van der Waals surface area contributed by atoms with Crippen molar-refractivity contribution in [2.45, 2.75) is 24.9 Å². The zero-order valence-electron chi connectivity index (χ0n) is 15.5. The van der Waals surface area contributed by atoms with E-state index in [2.05, 4.69) is 5.32 Å². The number of amides is 4. The van der Waals surface area contributed by atoms with E-state index in [4.69, 9.17) is 23.2 Å². The van der Waals surface area contributed by atoms with Crippen molar-refractivity contribution in [2.75, 3.05) is 13.1 Å². The van der Waals surface area contributed by atoms with Gasteiger partial charge in [0.05, 0.1) is 13.1 Å². The fraction of sp³-hybridized carbons (Fsp3) is 0.286. The van der Waals surface area contributed by atoms with Gasteiger partial charge in [0.25, 0.3) is 11.8 Å². The highest BCUT2D eigenvalue weighted by atomic mass is 35.5. The third-order valence-corrected chi connectivity index (χ3v) is 5.87. The maximum Gasteiger partial charge on any atom is 0.325 e. The van der Waals surface area contributed by atoms with Gasteiger partial charge in [0.15, 0.2) is 0 Å². The molecule has 6 nitrogen and oxygen atoms in total. The molecule has 0 radical (unpaired) electrons. The highest BCUT2D eigenvalue weighted by Crippen LogP contribution is 2.30. The summed E-state index contributed by atoms with van der Waals surface area (Å²) in [6.45, 7) is 0.842. The minimum Gasteiger partial charge on any atom is -0.336 e. The van der Waals surface area contributed by atoms with Crippen LogP contribution in [0, 0.1) is 0 Å². The predicted octanol–water partition coefficient (Wildman–Crippen LogP) is 3.72. The van der Waals surface area contributed by atoms with E-state index in [1.54, 1.807) is 53.4 Å². The lowest BCUT2D eigenvalue weighted by Gasteiger charge is -2.38. The Labute approximate surface area is 178 Å². The Hall–Kier alpha value is -2.57. The van der Waals surface area contributed by atoms with Crippen molar-refractivity contribution >= 4 is 41.0 Å². The molecule has 1 atom stereocenters. The van der Waals surface area contributed by atoms with E-state index in [0.717, 1.165) is 5.56 Å². The van der Waals surface area contributed by atoms with Gasteiger partial charge in [-0.05, 0) is 54.8 Å². The standard InChI is InChI=1S/C21H19Cl2N3O3/c22-16-6-2-14(3-7-16)12-26-19(28)21(24-20(26)29)10-1-11-25(13-21)18(27)15-4-8-17(23)9-5-15/h2-9H,1,10-13H2,(H,24,29)/t21-/m0/s1. The van der Waals surface area contributed by atoms with Gasteiger partial charge < -0.3 is 10.2 Å². The third-order valence-electron chi connectivity index (χ3n) is 5.37. The van der Waals surface area contributed by atoms with Gasteiger partial charge in [-0.1, -0.05) is 35.3 Å². The highest BCUT2D eigenvalue weighted by molar-refractivity contribution is 6.30. The molecule has 2 heterocycles. The molecule has 2 aliphatic heterocycles. The number of benzene rings is 2. The second-order valence-electron chi connectivity index (χ2n) is 7.37. The molecule has 0 bridgehead atoms. The van der Waals surface area contributed by atoms with Gasteiger partial charge in [-0.2, -0.15) is 0 Å². The first-order valence-corrected chi connectivity index (χ1v) is 10.1. The molecular weight excluding hydrogens is 413 g/mol. The van der Waals surface area contributed by atoms with Gasteiger partial charge >= 0.3 is 6.03 Å². The summed E-state index contributed by atoms with van der Waals surface area (Å²) in [5, 5.41) is 3.98. The van der Waals surface area contributed by atoms with E-state index in [0.29, 0.717) is 35.0 Å². The number of halogens is 2. The molecule has 1 spiro atoms. The van der Waals surface area contributed by atoms with E-state index in [1.165, 1.54) is 4.90 Å². The lowest BCUT2D eigenvalue weighted by atomic mass is 9.88. The van der Waals surface area contributed by atoms with E-state index in [1.807, 2.05) is 0 Å². The van der Waals surface area contributed by atoms with E-state index < -0.39 is 11.6 Å². The Kier molecular flexibility index (Phi) is 5.23. The Balaban J connectivity index is 1.52. The summed E-state index contributed by atoms with van der Waals surface area (Å²) in [6.07, 6.45) is 1.12. The van der Waals surface area contributed by atoms with Gasteiger partial charge in [0, 0.05) is 22.2 Å². The number of hydrogen-bond donors (Lipinski definition) is 1. The SMILES string of the molecule is O=C(c1ccc(Cl)cc1)N1CCC[C@@]2(C1)NC(=O)N(Cc1ccc(Cl)cc1)C2=O. The molecule has 0 saturated carbocycles. The van der Waals surface area contributed by atoms with Crippen LogP contribution in [0.2, 0.25) is 10.0 Å². The quantitative estimate of drug-likeness (QED) is 0.752. The molecule has 4 rings (SSSR count). The number of carbonyl (C=O) groups excluding carboxylic acids is 3. The van der Waals surface area contributed by atoms with E-state index in [9.17, 15) is 14.4 Å². The molecule has 29 heavy (non-hydrogen) atoms. The number of imide groups is 1. The fourth-order valence-electron chi connectivity index (χ4n) is 3.87. The molecule has 0 unspecified atom stereocenters. The van der Waals surface area contributed by atoms with Gasteiger partial charge in [0.2, 0.25) is 0 Å². The van der Waals surface area contributed by atoms with E-state index in [-0.39, 0.29) is 24.9 Å². The molecule has 0 aliphatic carbocycles. The highest BCUT2D eigenvalue weighted by Gasteiger charge is 2.53. The number of rotatable bonds is 3. The Morgan fingerprint density at radius 1 is 1.00 bits per heavy atom. The summed E-state index contributed by atoms with van der Waals surface area (Å²) < 4.78 is 0. The van der Waals surface area contributed by atoms with Crippen LogP contribution >= 0.6 is 23.2 Å². The van der Waals surface area contributed by atoms with Crippen molar-refractivity contribution in [1.29, 1.82) is 0 Å². The molecule has 150 valence electrons. The molecule has 2 fully saturated rings. The van der Waals surface area contributed by atoms with Crippen LogP contribution in [0.1, 0.15) is 28.8 Å². The molecule has 8 heteroatoms. The van der Waals surface area contributed by atoms with Crippen LogP contribution in [-0.4, -0.2) is 46.3 Å². The Bertz CT molecular complexity index is 962. The van der Waals surface area contributed by atoms with Gasteiger partial charge in [-0.25, -0.2) is 4.79 Å². The molecule has 2 aromatic rings. The zero-order chi connectivity index (χ0) is 20.6. The first kappa shape index (κ1) is 19.7. The monoisotopic (exact) mass is 431 g/mol. The van der Waals surface area contributed by atoms with Crippen LogP contribution < -0.4 is 5.32 Å². The number of likely N-dealkylation sites (tertiary alicyclic amines) is 1. The first-order valence-electron chi connectivity index (χ1n) is 9.31. The number of hydrogen-bond acceptors (Lipinski definition) is 3. The van der Waals surface area contributed by atoms with Gasteiger partial charge in [-0.3, -0.25) is 14.5 Å². The molecular formula is C21H19Cl2N3O3. The number of piperidine rings is 1. The van der Waals surface area contributed by atoms with Crippen LogP contribution in [0.25, 0.3) is 0 Å². The fourth-order valence-corrected chi connectivity index (χ4v) is 4.12. The Morgan fingerprint density at radius 3 is 2.28 bits per heavy atom. The van der Waals surface area contributed by atoms with Crippen molar-refractivity contribution < 1.29 is 14.4 Å². The normalized spacial score (nSPS) is 21.6. The molecule has 4 amide bonds. The van der Waals surface area contributed by atoms with Crippen molar-refractivity contribution in [1.82, 2.24) is 15.1 Å². The zero-order valence-corrected chi connectivity index (χ0v) is 17.0. The second-order valence-corrected chi connectivity index (χ2v) is 8.24. The predicted molar refractivity (Wildman–Crippen MR) is 110 cm³/mol. The third kappa shape index (κ3) is 3.82. The largest absolute Gasteiger partial charge is 0.336 e. The van der Waals surface area contributed by atoms with Gasteiger partial charge in [0.1, 0.15) is 5.54 Å². The van der Waals surface area contributed by atoms with E-state index >= 15 is 0 Å². The second kappa shape index (κ2) is 7.69. The minimum absolute atomic E-state index is 0.149. The van der Waals surface area contributed by atoms with Gasteiger partial charge in [-0.15, -0.1) is 0 Å². The van der Waals surface area contributed by atoms with Crippen molar-refractivity contribution in [3.8, 4) is 0 Å². The lowest BCUT2D eigenvalue weighted by Crippen LogP contribution is -2.59. The van der Waals surface area contributed by atoms with Crippen LogP contribution in [0.4, 0.5) is 4.79 Å². The number of carbonyl (C=O) groups is 3. The number of nitrogens with zero attached hydrogens (tertiary/aromatic N) is 2. The summed E-state index contributed by atoms with van der Waals surface area (Å²) in [4.78, 5) is 41.4. The topological polar surface area (TPSA) is 69.7 Å². The first-order chi connectivity index (χ1) is 13.9. The molecule has 2 aliphatic rings. The number of urea groups is 1. The molecule has 0 aromatic heterocycles. The summed E-state index contributed by atoms with van der Waals surface area (Å²) >= 11 is 11.8. The molecule has 1 N–H and O–H groups in total.